The lowest BCUT2D eigenvalue weighted by Gasteiger charge is -2.21. The third-order valence-corrected chi connectivity index (χ3v) is 4.89. The van der Waals surface area contributed by atoms with Crippen LogP contribution in [0.15, 0.2) is 60.7 Å². The molecule has 5 heteroatoms. The molecule has 0 amide bonds. The average molecular weight is 359 g/mol. The van der Waals surface area contributed by atoms with Gasteiger partial charge in [-0.3, -0.25) is 0 Å². The summed E-state index contributed by atoms with van der Waals surface area (Å²) in [6, 6.07) is 20.6. The Balaban J connectivity index is 1.63. The Bertz CT molecular complexity index is 874. The van der Waals surface area contributed by atoms with Crippen LogP contribution < -0.4 is 16.0 Å². The first-order valence-corrected chi connectivity index (χ1v) is 9.52. The molecule has 2 aromatic carbocycles. The summed E-state index contributed by atoms with van der Waals surface area (Å²) >= 11 is 0. The normalized spacial score (nSPS) is 13.7. The Morgan fingerprint density at radius 3 is 2.15 bits per heavy atom. The fourth-order valence-electron chi connectivity index (χ4n) is 3.45. The van der Waals surface area contributed by atoms with Gasteiger partial charge in [0, 0.05) is 26.1 Å². The summed E-state index contributed by atoms with van der Waals surface area (Å²) in [6.07, 6.45) is 3.07. The molecule has 2 heterocycles. The van der Waals surface area contributed by atoms with Crippen LogP contribution in [0.25, 0.3) is 0 Å². The van der Waals surface area contributed by atoms with Gasteiger partial charge in [0.2, 0.25) is 0 Å². The zero-order chi connectivity index (χ0) is 18.5. The minimum absolute atomic E-state index is 0.643. The lowest BCUT2D eigenvalue weighted by atomic mass is 10.1. The van der Waals surface area contributed by atoms with Gasteiger partial charge < -0.3 is 16.0 Å². The zero-order valence-electron chi connectivity index (χ0n) is 15.4. The molecule has 3 N–H and O–H groups in total. The summed E-state index contributed by atoms with van der Waals surface area (Å²) in [5.74, 6) is 2.39. The van der Waals surface area contributed by atoms with Gasteiger partial charge in [-0.15, -0.1) is 0 Å². The van der Waals surface area contributed by atoms with Crippen LogP contribution in [0.1, 0.15) is 29.8 Å². The molecular weight excluding hydrogens is 334 g/mol. The Hall–Kier alpha value is -3.08. The highest BCUT2D eigenvalue weighted by Gasteiger charge is 2.20. The van der Waals surface area contributed by atoms with Crippen molar-refractivity contribution in [3.63, 3.8) is 0 Å². The molecule has 5 nitrogen and oxygen atoms in total. The van der Waals surface area contributed by atoms with E-state index < -0.39 is 0 Å². The minimum Gasteiger partial charge on any atom is -0.393 e. The first kappa shape index (κ1) is 17.3. The second-order valence-electron chi connectivity index (χ2n) is 6.92. The smallest absolute Gasteiger partial charge is 0.157 e. The number of rotatable bonds is 6. The van der Waals surface area contributed by atoms with E-state index in [2.05, 4.69) is 34.5 Å². The lowest BCUT2D eigenvalue weighted by molar-refractivity contribution is 0.890. The molecule has 0 spiro atoms. The van der Waals surface area contributed by atoms with Crippen LogP contribution >= 0.6 is 0 Å². The number of hydrogen-bond donors (Lipinski definition) is 2. The minimum atomic E-state index is 0.643. The predicted molar refractivity (Wildman–Crippen MR) is 111 cm³/mol. The molecule has 1 aliphatic rings. The second-order valence-corrected chi connectivity index (χ2v) is 6.92. The highest BCUT2D eigenvalue weighted by molar-refractivity contribution is 5.75. The molecule has 4 rings (SSSR count). The van der Waals surface area contributed by atoms with Gasteiger partial charge in [-0.25, -0.2) is 9.97 Å². The molecule has 0 aliphatic carbocycles. The fraction of sp³-hybridized carbons (Fsp3) is 0.273. The van der Waals surface area contributed by atoms with Crippen molar-refractivity contribution < 1.29 is 0 Å². The average Bonchev–Trinajstić information content (AvgIpc) is 3.24. The third-order valence-electron chi connectivity index (χ3n) is 4.89. The molecule has 1 fully saturated rings. The van der Waals surface area contributed by atoms with Gasteiger partial charge in [-0.05, 0) is 24.0 Å². The van der Waals surface area contributed by atoms with E-state index in [1.807, 2.05) is 36.4 Å². The van der Waals surface area contributed by atoms with Crippen molar-refractivity contribution in [2.45, 2.75) is 25.8 Å². The Morgan fingerprint density at radius 1 is 0.852 bits per heavy atom. The van der Waals surface area contributed by atoms with Crippen LogP contribution in [-0.4, -0.2) is 23.1 Å². The summed E-state index contributed by atoms with van der Waals surface area (Å²) in [5.41, 5.74) is 9.50. The van der Waals surface area contributed by atoms with E-state index in [0.29, 0.717) is 18.7 Å². The largest absolute Gasteiger partial charge is 0.393 e. The van der Waals surface area contributed by atoms with Crippen LogP contribution in [0.4, 0.5) is 17.3 Å². The van der Waals surface area contributed by atoms with Gasteiger partial charge in [0.25, 0.3) is 0 Å². The standard InChI is InChI=1S/C22H25N5/c23-20-21(24-16-18-11-5-2-6-12-18)25-19(15-17-9-3-1-4-10-17)26-22(20)27-13-7-8-14-27/h1-6,9-12H,7-8,13-16,23H2,(H,24,25,26). The number of benzene rings is 2. The zero-order valence-corrected chi connectivity index (χ0v) is 15.4. The molecule has 0 radical (unpaired) electrons. The number of anilines is 3. The summed E-state index contributed by atoms with van der Waals surface area (Å²) in [5, 5.41) is 3.42. The van der Waals surface area contributed by atoms with E-state index in [1.54, 1.807) is 0 Å². The highest BCUT2D eigenvalue weighted by atomic mass is 15.2. The maximum Gasteiger partial charge on any atom is 0.157 e. The summed E-state index contributed by atoms with van der Waals surface area (Å²) in [6.45, 7) is 2.69. The van der Waals surface area contributed by atoms with E-state index in [9.17, 15) is 0 Å². The van der Waals surface area contributed by atoms with E-state index in [4.69, 9.17) is 15.7 Å². The van der Waals surface area contributed by atoms with Gasteiger partial charge >= 0.3 is 0 Å². The maximum atomic E-state index is 6.46. The van der Waals surface area contributed by atoms with Gasteiger partial charge in [0.1, 0.15) is 11.5 Å². The first-order valence-electron chi connectivity index (χ1n) is 9.52. The maximum absolute atomic E-state index is 6.46. The van der Waals surface area contributed by atoms with Gasteiger partial charge in [-0.1, -0.05) is 60.7 Å². The molecule has 0 unspecified atom stereocenters. The molecule has 27 heavy (non-hydrogen) atoms. The number of nitrogen functional groups attached to an aromatic ring is 1. The fourth-order valence-corrected chi connectivity index (χ4v) is 3.45. The van der Waals surface area contributed by atoms with Crippen molar-refractivity contribution in [2.24, 2.45) is 0 Å². The molecule has 138 valence electrons. The van der Waals surface area contributed by atoms with Crippen LogP contribution in [0.3, 0.4) is 0 Å². The summed E-state index contributed by atoms with van der Waals surface area (Å²) in [4.78, 5) is 11.8. The number of nitrogens with zero attached hydrogens (tertiary/aromatic N) is 3. The number of hydrogen-bond acceptors (Lipinski definition) is 5. The second kappa shape index (κ2) is 8.08. The van der Waals surface area contributed by atoms with Crippen molar-refractivity contribution in [3.8, 4) is 0 Å². The Labute approximate surface area is 160 Å². The van der Waals surface area contributed by atoms with Gasteiger partial charge in [0.05, 0.1) is 0 Å². The molecular formula is C22H25N5. The number of nitrogens with one attached hydrogen (secondary N) is 1. The predicted octanol–water partition coefficient (Wildman–Crippen LogP) is 3.86. The molecule has 1 aromatic heterocycles. The lowest BCUT2D eigenvalue weighted by Crippen LogP contribution is -2.22. The van der Waals surface area contributed by atoms with Gasteiger partial charge in [0.15, 0.2) is 11.6 Å². The SMILES string of the molecule is Nc1c(NCc2ccccc2)nc(Cc2ccccc2)nc1N1CCCC1. The van der Waals surface area contributed by atoms with Crippen LogP contribution in [0.2, 0.25) is 0 Å². The van der Waals surface area contributed by atoms with Crippen molar-refractivity contribution in [1.29, 1.82) is 0 Å². The number of aromatic nitrogens is 2. The molecule has 0 bridgehead atoms. The topological polar surface area (TPSA) is 67.1 Å². The van der Waals surface area contributed by atoms with E-state index in [0.717, 1.165) is 30.5 Å². The first-order chi connectivity index (χ1) is 13.3. The molecule has 1 aliphatic heterocycles. The van der Waals surface area contributed by atoms with E-state index in [-0.39, 0.29) is 0 Å². The van der Waals surface area contributed by atoms with Crippen molar-refractivity contribution in [1.82, 2.24) is 9.97 Å². The van der Waals surface area contributed by atoms with E-state index in [1.165, 1.54) is 24.0 Å². The van der Waals surface area contributed by atoms with Crippen LogP contribution in [-0.2, 0) is 13.0 Å². The monoisotopic (exact) mass is 359 g/mol. The third kappa shape index (κ3) is 4.19. The van der Waals surface area contributed by atoms with Crippen LogP contribution in [0, 0.1) is 0 Å². The molecule has 0 atom stereocenters. The molecule has 0 saturated carbocycles. The summed E-state index contributed by atoms with van der Waals surface area (Å²) < 4.78 is 0. The van der Waals surface area contributed by atoms with Crippen molar-refractivity contribution in [2.75, 3.05) is 29.0 Å². The highest BCUT2D eigenvalue weighted by Crippen LogP contribution is 2.30. The Morgan fingerprint density at radius 2 is 1.48 bits per heavy atom. The molecule has 3 aromatic rings. The van der Waals surface area contributed by atoms with Crippen molar-refractivity contribution in [3.05, 3.63) is 77.6 Å². The number of nitrogens with two attached hydrogens (primary N) is 1. The quantitative estimate of drug-likeness (QED) is 0.699. The summed E-state index contributed by atoms with van der Waals surface area (Å²) in [7, 11) is 0. The van der Waals surface area contributed by atoms with E-state index >= 15 is 0 Å². The van der Waals surface area contributed by atoms with Gasteiger partial charge in [-0.2, -0.15) is 0 Å². The van der Waals surface area contributed by atoms with Crippen LogP contribution in [0.5, 0.6) is 0 Å². The van der Waals surface area contributed by atoms with Crippen molar-refractivity contribution >= 4 is 17.3 Å². The molecule has 1 saturated heterocycles. The Kier molecular flexibility index (Phi) is 5.19.